The number of rotatable bonds is 3. The van der Waals surface area contributed by atoms with Gasteiger partial charge in [-0.2, -0.15) is 0 Å². The molecule has 1 heterocycles. The average Bonchev–Trinajstić information content (AvgIpc) is 3.05. The molecule has 3 heteroatoms. The van der Waals surface area contributed by atoms with Gasteiger partial charge in [-0.3, -0.25) is 4.79 Å². The topological polar surface area (TPSA) is 44.9 Å². The largest absolute Gasteiger partial charge is 0.361 e. The lowest BCUT2D eigenvalue weighted by atomic mass is 10.1. The highest BCUT2D eigenvalue weighted by molar-refractivity contribution is 5.98. The molecule has 0 bridgehead atoms. The second kappa shape index (κ2) is 4.84. The van der Waals surface area contributed by atoms with Gasteiger partial charge < -0.3 is 10.3 Å². The second-order valence-corrected chi connectivity index (χ2v) is 5.14. The van der Waals surface area contributed by atoms with Crippen LogP contribution < -0.4 is 5.32 Å². The van der Waals surface area contributed by atoms with Crippen molar-refractivity contribution < 1.29 is 4.79 Å². The first-order valence-electron chi connectivity index (χ1n) is 6.68. The van der Waals surface area contributed by atoms with Gasteiger partial charge in [-0.15, -0.1) is 0 Å². The van der Waals surface area contributed by atoms with Crippen LogP contribution in [0.25, 0.3) is 10.9 Å². The smallest absolute Gasteiger partial charge is 0.251 e. The highest BCUT2D eigenvalue weighted by Crippen LogP contribution is 2.23. The van der Waals surface area contributed by atoms with Crippen molar-refractivity contribution in [2.45, 2.75) is 25.7 Å². The summed E-state index contributed by atoms with van der Waals surface area (Å²) in [6, 6.07) is 7.77. The van der Waals surface area contributed by atoms with Crippen LogP contribution in [0, 0.1) is 5.92 Å². The van der Waals surface area contributed by atoms with Crippen LogP contribution in [0.5, 0.6) is 0 Å². The number of H-pyrrole nitrogens is 1. The van der Waals surface area contributed by atoms with E-state index in [0.717, 1.165) is 23.0 Å². The van der Waals surface area contributed by atoms with Crippen molar-refractivity contribution >= 4 is 16.8 Å². The standard InChI is InChI=1S/C15H18N2O/c18-15(17-10-11-3-1-2-4-11)13-5-6-14-12(9-13)7-8-16-14/h5-9,11,16H,1-4,10H2,(H,17,18). The van der Waals surface area contributed by atoms with E-state index in [1.807, 2.05) is 30.5 Å². The molecule has 3 rings (SSSR count). The monoisotopic (exact) mass is 242 g/mol. The molecule has 1 aromatic carbocycles. The Morgan fingerprint density at radius 3 is 2.94 bits per heavy atom. The number of carbonyl (C=O) groups excluding carboxylic acids is 1. The predicted molar refractivity (Wildman–Crippen MR) is 72.6 cm³/mol. The first-order valence-corrected chi connectivity index (χ1v) is 6.68. The minimum Gasteiger partial charge on any atom is -0.361 e. The summed E-state index contributed by atoms with van der Waals surface area (Å²) in [4.78, 5) is 15.2. The summed E-state index contributed by atoms with van der Waals surface area (Å²) in [6.45, 7) is 0.823. The second-order valence-electron chi connectivity index (χ2n) is 5.14. The lowest BCUT2D eigenvalue weighted by Gasteiger charge is -2.10. The van der Waals surface area contributed by atoms with Gasteiger partial charge in [0.2, 0.25) is 0 Å². The summed E-state index contributed by atoms with van der Waals surface area (Å²) in [5, 5.41) is 4.14. The maximum absolute atomic E-state index is 12.0. The minimum absolute atomic E-state index is 0.0463. The van der Waals surface area contributed by atoms with E-state index in [2.05, 4.69) is 10.3 Å². The van der Waals surface area contributed by atoms with Crippen LogP contribution in [-0.2, 0) is 0 Å². The molecular weight excluding hydrogens is 224 g/mol. The normalized spacial score (nSPS) is 16.2. The number of hydrogen-bond donors (Lipinski definition) is 2. The molecule has 3 nitrogen and oxygen atoms in total. The lowest BCUT2D eigenvalue weighted by molar-refractivity contribution is 0.0947. The Morgan fingerprint density at radius 1 is 1.28 bits per heavy atom. The summed E-state index contributed by atoms with van der Waals surface area (Å²) in [5.41, 5.74) is 1.82. The molecule has 1 aromatic heterocycles. The van der Waals surface area contributed by atoms with Crippen molar-refractivity contribution in [2.24, 2.45) is 5.92 Å². The fraction of sp³-hybridized carbons (Fsp3) is 0.400. The zero-order valence-electron chi connectivity index (χ0n) is 10.4. The fourth-order valence-electron chi connectivity index (χ4n) is 2.75. The van der Waals surface area contributed by atoms with Crippen LogP contribution in [0.15, 0.2) is 30.5 Å². The lowest BCUT2D eigenvalue weighted by Crippen LogP contribution is -2.28. The van der Waals surface area contributed by atoms with E-state index in [0.29, 0.717) is 5.92 Å². The molecule has 1 fully saturated rings. The van der Waals surface area contributed by atoms with Crippen molar-refractivity contribution in [3.8, 4) is 0 Å². The zero-order valence-corrected chi connectivity index (χ0v) is 10.4. The third-order valence-corrected chi connectivity index (χ3v) is 3.84. The first-order chi connectivity index (χ1) is 8.83. The van der Waals surface area contributed by atoms with E-state index in [4.69, 9.17) is 0 Å². The van der Waals surface area contributed by atoms with Crippen LogP contribution in [0.4, 0.5) is 0 Å². The van der Waals surface area contributed by atoms with Crippen molar-refractivity contribution in [1.29, 1.82) is 0 Å². The highest BCUT2D eigenvalue weighted by Gasteiger charge is 2.16. The Morgan fingerprint density at radius 2 is 2.11 bits per heavy atom. The van der Waals surface area contributed by atoms with Gasteiger partial charge in [0.15, 0.2) is 0 Å². The molecule has 1 amide bonds. The van der Waals surface area contributed by atoms with E-state index in [-0.39, 0.29) is 5.91 Å². The molecule has 1 aliphatic carbocycles. The van der Waals surface area contributed by atoms with E-state index in [9.17, 15) is 4.79 Å². The van der Waals surface area contributed by atoms with Gasteiger partial charge in [-0.1, -0.05) is 12.8 Å². The van der Waals surface area contributed by atoms with Gasteiger partial charge in [0.25, 0.3) is 5.91 Å². The summed E-state index contributed by atoms with van der Waals surface area (Å²) in [5.74, 6) is 0.731. The molecule has 0 spiro atoms. The van der Waals surface area contributed by atoms with Crippen molar-refractivity contribution in [3.05, 3.63) is 36.0 Å². The van der Waals surface area contributed by atoms with E-state index in [1.54, 1.807) is 0 Å². The Balaban J connectivity index is 1.67. The third-order valence-electron chi connectivity index (χ3n) is 3.84. The maximum Gasteiger partial charge on any atom is 0.251 e. The summed E-state index contributed by atoms with van der Waals surface area (Å²) in [6.07, 6.45) is 7.05. The Labute approximate surface area is 107 Å². The molecule has 0 radical (unpaired) electrons. The van der Waals surface area contributed by atoms with E-state index >= 15 is 0 Å². The molecular formula is C15H18N2O. The maximum atomic E-state index is 12.0. The molecule has 2 aromatic rings. The Kier molecular flexibility index (Phi) is 3.05. The van der Waals surface area contributed by atoms with Gasteiger partial charge in [0, 0.05) is 29.2 Å². The van der Waals surface area contributed by atoms with Crippen molar-refractivity contribution in [2.75, 3.05) is 6.54 Å². The van der Waals surface area contributed by atoms with E-state index in [1.165, 1.54) is 25.7 Å². The number of hydrogen-bond acceptors (Lipinski definition) is 1. The number of amides is 1. The molecule has 0 atom stereocenters. The van der Waals surface area contributed by atoms with E-state index < -0.39 is 0 Å². The van der Waals surface area contributed by atoms with Gasteiger partial charge in [0.05, 0.1) is 0 Å². The van der Waals surface area contributed by atoms with Gasteiger partial charge >= 0.3 is 0 Å². The average molecular weight is 242 g/mol. The molecule has 18 heavy (non-hydrogen) atoms. The molecule has 94 valence electrons. The van der Waals surface area contributed by atoms with Crippen LogP contribution in [0.1, 0.15) is 36.0 Å². The van der Waals surface area contributed by atoms with Gasteiger partial charge in [0.1, 0.15) is 0 Å². The number of benzene rings is 1. The highest BCUT2D eigenvalue weighted by atomic mass is 16.1. The number of aromatic amines is 1. The van der Waals surface area contributed by atoms with Crippen LogP contribution in [0.2, 0.25) is 0 Å². The number of nitrogens with one attached hydrogen (secondary N) is 2. The van der Waals surface area contributed by atoms with Crippen LogP contribution >= 0.6 is 0 Å². The Hall–Kier alpha value is -1.77. The summed E-state index contributed by atoms with van der Waals surface area (Å²) < 4.78 is 0. The molecule has 2 N–H and O–H groups in total. The van der Waals surface area contributed by atoms with Crippen LogP contribution in [0.3, 0.4) is 0 Å². The Bertz CT molecular complexity index is 552. The molecule has 1 saturated carbocycles. The zero-order chi connectivity index (χ0) is 12.4. The summed E-state index contributed by atoms with van der Waals surface area (Å²) >= 11 is 0. The quantitative estimate of drug-likeness (QED) is 0.853. The fourth-order valence-corrected chi connectivity index (χ4v) is 2.75. The number of aromatic nitrogens is 1. The SMILES string of the molecule is O=C(NCC1CCCC1)c1ccc2[nH]ccc2c1. The summed E-state index contributed by atoms with van der Waals surface area (Å²) in [7, 11) is 0. The predicted octanol–water partition coefficient (Wildman–Crippen LogP) is 3.09. The third kappa shape index (κ3) is 2.26. The van der Waals surface area contributed by atoms with Crippen LogP contribution in [-0.4, -0.2) is 17.4 Å². The minimum atomic E-state index is 0.0463. The van der Waals surface area contributed by atoms with Gasteiger partial charge in [-0.25, -0.2) is 0 Å². The van der Waals surface area contributed by atoms with Crippen molar-refractivity contribution in [3.63, 3.8) is 0 Å². The molecule has 0 unspecified atom stereocenters. The first kappa shape index (κ1) is 11.3. The number of carbonyl (C=O) groups is 1. The molecule has 0 saturated heterocycles. The molecule has 0 aliphatic heterocycles. The molecule has 1 aliphatic rings. The van der Waals surface area contributed by atoms with Crippen molar-refractivity contribution in [1.82, 2.24) is 10.3 Å². The number of fused-ring (bicyclic) bond motifs is 1. The van der Waals surface area contributed by atoms with Gasteiger partial charge in [-0.05, 0) is 43.0 Å².